The van der Waals surface area contributed by atoms with Crippen LogP contribution in [0.1, 0.15) is 10.4 Å². The molecule has 2 amide bonds. The highest BCUT2D eigenvalue weighted by atomic mass is 79.9. The van der Waals surface area contributed by atoms with Crippen molar-refractivity contribution in [2.75, 3.05) is 31.1 Å². The van der Waals surface area contributed by atoms with E-state index < -0.39 is 9.84 Å². The second-order valence-corrected chi connectivity index (χ2v) is 7.94. The van der Waals surface area contributed by atoms with Gasteiger partial charge in [0, 0.05) is 23.1 Å². The Labute approximate surface area is 131 Å². The number of carbonyl (C=O) groups is 2. The van der Waals surface area contributed by atoms with Crippen LogP contribution in [0.2, 0.25) is 0 Å². The third kappa shape index (κ3) is 4.53. The summed E-state index contributed by atoms with van der Waals surface area (Å²) in [4.78, 5) is 25.3. The van der Waals surface area contributed by atoms with Crippen molar-refractivity contribution in [1.29, 1.82) is 0 Å². The van der Waals surface area contributed by atoms with Crippen molar-refractivity contribution in [2.24, 2.45) is 0 Å². The highest BCUT2D eigenvalue weighted by Crippen LogP contribution is 2.11. The van der Waals surface area contributed by atoms with Crippen molar-refractivity contribution in [2.45, 2.75) is 0 Å². The number of amides is 2. The molecular formula is C13H15BrN2O4S. The molecule has 0 radical (unpaired) electrons. The standard InChI is InChI=1S/C13H15BrN2O4S/c14-11-3-1-2-10(8-11)13(18)15-9-12(17)16-4-6-21(19,20)7-5-16/h1-3,8H,4-7,9H2,(H,15,18). The fourth-order valence-electron chi connectivity index (χ4n) is 1.96. The molecular weight excluding hydrogens is 360 g/mol. The smallest absolute Gasteiger partial charge is 0.251 e. The van der Waals surface area contributed by atoms with Crippen molar-refractivity contribution in [3.63, 3.8) is 0 Å². The summed E-state index contributed by atoms with van der Waals surface area (Å²) in [6.45, 7) is 0.243. The third-order valence-electron chi connectivity index (χ3n) is 3.18. The van der Waals surface area contributed by atoms with Crippen LogP contribution in [0.5, 0.6) is 0 Å². The molecule has 0 aromatic heterocycles. The van der Waals surface area contributed by atoms with Crippen LogP contribution in [0.15, 0.2) is 28.7 Å². The van der Waals surface area contributed by atoms with Crippen LogP contribution in [-0.4, -0.2) is 56.3 Å². The summed E-state index contributed by atoms with van der Waals surface area (Å²) in [6.07, 6.45) is 0. The molecule has 0 spiro atoms. The maximum atomic E-state index is 11.9. The van der Waals surface area contributed by atoms with Gasteiger partial charge in [-0.15, -0.1) is 0 Å². The number of benzene rings is 1. The summed E-state index contributed by atoms with van der Waals surface area (Å²) in [6, 6.07) is 6.84. The van der Waals surface area contributed by atoms with Crippen LogP contribution in [-0.2, 0) is 14.6 Å². The molecule has 0 atom stereocenters. The Hall–Kier alpha value is -1.41. The highest BCUT2D eigenvalue weighted by molar-refractivity contribution is 9.10. The summed E-state index contributed by atoms with van der Waals surface area (Å²) in [5, 5.41) is 2.54. The first-order valence-electron chi connectivity index (χ1n) is 6.39. The van der Waals surface area contributed by atoms with E-state index >= 15 is 0 Å². The molecule has 1 fully saturated rings. The van der Waals surface area contributed by atoms with Crippen LogP contribution in [0.25, 0.3) is 0 Å². The Balaban J connectivity index is 1.86. The number of nitrogens with zero attached hydrogens (tertiary/aromatic N) is 1. The zero-order valence-corrected chi connectivity index (χ0v) is 13.6. The molecule has 6 nitrogen and oxygen atoms in total. The Morgan fingerprint density at radius 2 is 1.90 bits per heavy atom. The minimum absolute atomic E-state index is 0.0156. The van der Waals surface area contributed by atoms with Crippen molar-refractivity contribution in [1.82, 2.24) is 10.2 Å². The van der Waals surface area contributed by atoms with E-state index in [4.69, 9.17) is 0 Å². The number of nitrogens with one attached hydrogen (secondary N) is 1. The molecule has 21 heavy (non-hydrogen) atoms. The first kappa shape index (κ1) is 16.0. The van der Waals surface area contributed by atoms with E-state index in [2.05, 4.69) is 21.2 Å². The van der Waals surface area contributed by atoms with E-state index in [1.807, 2.05) is 0 Å². The molecule has 1 aliphatic heterocycles. The number of rotatable bonds is 3. The van der Waals surface area contributed by atoms with Gasteiger partial charge in [-0.2, -0.15) is 0 Å². The zero-order valence-electron chi connectivity index (χ0n) is 11.2. The number of sulfone groups is 1. The minimum atomic E-state index is -3.01. The SMILES string of the molecule is O=C(NCC(=O)N1CCS(=O)(=O)CC1)c1cccc(Br)c1. The molecule has 1 N–H and O–H groups in total. The van der Waals surface area contributed by atoms with Gasteiger partial charge in [-0.25, -0.2) is 8.42 Å². The van der Waals surface area contributed by atoms with Crippen LogP contribution < -0.4 is 5.32 Å². The normalized spacial score (nSPS) is 17.3. The van der Waals surface area contributed by atoms with Gasteiger partial charge in [0.05, 0.1) is 18.1 Å². The first-order valence-corrected chi connectivity index (χ1v) is 9.01. The molecule has 114 valence electrons. The largest absolute Gasteiger partial charge is 0.343 e. The maximum Gasteiger partial charge on any atom is 0.251 e. The molecule has 0 bridgehead atoms. The molecule has 1 aliphatic rings. The van der Waals surface area contributed by atoms with E-state index in [-0.39, 0.29) is 43.0 Å². The van der Waals surface area contributed by atoms with Gasteiger partial charge in [-0.3, -0.25) is 9.59 Å². The van der Waals surface area contributed by atoms with Gasteiger partial charge < -0.3 is 10.2 Å². The summed E-state index contributed by atoms with van der Waals surface area (Å²) in [7, 11) is -3.01. The van der Waals surface area contributed by atoms with Gasteiger partial charge in [0.25, 0.3) is 5.91 Å². The number of halogens is 1. The van der Waals surface area contributed by atoms with Crippen molar-refractivity contribution in [3.8, 4) is 0 Å². The lowest BCUT2D eigenvalue weighted by Gasteiger charge is -2.26. The van der Waals surface area contributed by atoms with Gasteiger partial charge in [0.2, 0.25) is 5.91 Å². The Bertz CT molecular complexity index is 646. The molecule has 8 heteroatoms. The van der Waals surface area contributed by atoms with Gasteiger partial charge in [0.1, 0.15) is 0 Å². The Morgan fingerprint density at radius 1 is 1.24 bits per heavy atom. The van der Waals surface area contributed by atoms with Gasteiger partial charge in [0.15, 0.2) is 9.84 Å². The Kier molecular flexibility index (Phi) is 5.00. The topological polar surface area (TPSA) is 83.6 Å². The zero-order chi connectivity index (χ0) is 15.5. The van der Waals surface area contributed by atoms with Crippen molar-refractivity contribution < 1.29 is 18.0 Å². The molecule has 0 unspecified atom stereocenters. The molecule has 2 rings (SSSR count). The van der Waals surface area contributed by atoms with Crippen LogP contribution in [0.3, 0.4) is 0 Å². The van der Waals surface area contributed by atoms with Crippen LogP contribution in [0, 0.1) is 0 Å². The van der Waals surface area contributed by atoms with E-state index in [1.165, 1.54) is 4.90 Å². The summed E-state index contributed by atoms with van der Waals surface area (Å²) >= 11 is 3.27. The van der Waals surface area contributed by atoms with E-state index in [0.29, 0.717) is 5.56 Å². The quantitative estimate of drug-likeness (QED) is 0.831. The maximum absolute atomic E-state index is 11.9. The van der Waals surface area contributed by atoms with Crippen molar-refractivity contribution in [3.05, 3.63) is 34.3 Å². The van der Waals surface area contributed by atoms with Crippen LogP contribution >= 0.6 is 15.9 Å². The predicted octanol–water partition coefficient (Wildman–Crippen LogP) is 0.436. The lowest BCUT2D eigenvalue weighted by atomic mass is 10.2. The minimum Gasteiger partial charge on any atom is -0.343 e. The van der Waals surface area contributed by atoms with Crippen LogP contribution in [0.4, 0.5) is 0 Å². The first-order chi connectivity index (χ1) is 9.87. The fourth-order valence-corrected chi connectivity index (χ4v) is 3.56. The summed E-state index contributed by atoms with van der Waals surface area (Å²) in [5.41, 5.74) is 0.457. The molecule has 1 aromatic carbocycles. The number of hydrogen-bond acceptors (Lipinski definition) is 4. The Morgan fingerprint density at radius 3 is 2.52 bits per heavy atom. The van der Waals surface area contributed by atoms with E-state index in [9.17, 15) is 18.0 Å². The average molecular weight is 375 g/mol. The predicted molar refractivity (Wildman–Crippen MR) is 81.7 cm³/mol. The van der Waals surface area contributed by atoms with Crippen molar-refractivity contribution >= 4 is 37.6 Å². The molecule has 1 heterocycles. The lowest BCUT2D eigenvalue weighted by molar-refractivity contribution is -0.129. The van der Waals surface area contributed by atoms with Gasteiger partial charge >= 0.3 is 0 Å². The summed E-state index contributed by atoms with van der Waals surface area (Å²) < 4.78 is 23.4. The number of hydrogen-bond donors (Lipinski definition) is 1. The lowest BCUT2D eigenvalue weighted by Crippen LogP contribution is -2.47. The molecule has 1 saturated heterocycles. The molecule has 0 aliphatic carbocycles. The monoisotopic (exact) mass is 374 g/mol. The van der Waals surface area contributed by atoms with Gasteiger partial charge in [-0.05, 0) is 18.2 Å². The van der Waals surface area contributed by atoms with E-state index in [0.717, 1.165) is 4.47 Å². The third-order valence-corrected chi connectivity index (χ3v) is 5.29. The number of carbonyl (C=O) groups excluding carboxylic acids is 2. The molecule has 0 saturated carbocycles. The second-order valence-electron chi connectivity index (χ2n) is 4.73. The van der Waals surface area contributed by atoms with Gasteiger partial charge in [-0.1, -0.05) is 22.0 Å². The van der Waals surface area contributed by atoms with E-state index in [1.54, 1.807) is 24.3 Å². The second kappa shape index (κ2) is 6.57. The summed E-state index contributed by atoms with van der Waals surface area (Å²) in [5.74, 6) is -0.640. The molecule has 1 aromatic rings. The average Bonchev–Trinajstić information content (AvgIpc) is 2.44. The highest BCUT2D eigenvalue weighted by Gasteiger charge is 2.25. The fraction of sp³-hybridized carbons (Fsp3) is 0.385.